The molecule has 214 valence electrons. The van der Waals surface area contributed by atoms with E-state index in [0.717, 1.165) is 6.54 Å². The van der Waals surface area contributed by atoms with E-state index in [1.807, 2.05) is 32.2 Å². The van der Waals surface area contributed by atoms with Gasteiger partial charge in [-0.3, -0.25) is 14.4 Å². The van der Waals surface area contributed by atoms with Gasteiger partial charge in [0, 0.05) is 31.2 Å². The van der Waals surface area contributed by atoms with Crippen molar-refractivity contribution in [3.8, 4) is 11.5 Å². The third kappa shape index (κ3) is 6.93. The number of anilines is 1. The van der Waals surface area contributed by atoms with E-state index in [9.17, 15) is 18.3 Å². The number of hydrogen-bond donors (Lipinski definition) is 2. The van der Waals surface area contributed by atoms with E-state index in [0.29, 0.717) is 24.6 Å². The zero-order chi connectivity index (χ0) is 28.9. The first kappa shape index (κ1) is 29.4. The smallest absolute Gasteiger partial charge is 0.261 e. The molecule has 10 heteroatoms. The van der Waals surface area contributed by atoms with Gasteiger partial charge in [0.15, 0.2) is 0 Å². The summed E-state index contributed by atoms with van der Waals surface area (Å²) in [5.41, 5.74) is 1.65. The molecule has 0 unspecified atom stereocenters. The zero-order valence-corrected chi connectivity index (χ0v) is 24.1. The highest BCUT2D eigenvalue weighted by molar-refractivity contribution is 7.92. The Morgan fingerprint density at radius 1 is 1.12 bits per heavy atom. The van der Waals surface area contributed by atoms with Gasteiger partial charge in [0.05, 0.1) is 30.2 Å². The van der Waals surface area contributed by atoms with E-state index in [4.69, 9.17) is 9.47 Å². The maximum absolute atomic E-state index is 13.7. The largest absolute Gasteiger partial charge is 0.497 e. The minimum atomic E-state index is -3.92. The lowest BCUT2D eigenvalue weighted by molar-refractivity contribution is 0.0341. The van der Waals surface area contributed by atoms with Crippen molar-refractivity contribution >= 4 is 21.6 Å². The number of hydrogen-bond acceptors (Lipinski definition) is 7. The molecular formula is C30H37N3O6S. The van der Waals surface area contributed by atoms with E-state index in [-0.39, 0.29) is 40.7 Å². The fourth-order valence-electron chi connectivity index (χ4n) is 4.74. The number of methoxy groups -OCH3 is 1. The maximum atomic E-state index is 13.7. The molecule has 0 bridgehead atoms. The molecule has 0 aromatic heterocycles. The van der Waals surface area contributed by atoms with Gasteiger partial charge in [0.25, 0.3) is 15.9 Å². The van der Waals surface area contributed by atoms with Gasteiger partial charge >= 0.3 is 0 Å². The monoisotopic (exact) mass is 567 g/mol. The van der Waals surface area contributed by atoms with Gasteiger partial charge in [-0.25, -0.2) is 8.42 Å². The molecular weight excluding hydrogens is 530 g/mol. The number of likely N-dealkylation sites (N-methyl/N-ethyl adjacent to an activating group) is 1. The summed E-state index contributed by atoms with van der Waals surface area (Å²) < 4.78 is 40.2. The molecule has 40 heavy (non-hydrogen) atoms. The number of amides is 1. The minimum Gasteiger partial charge on any atom is -0.497 e. The van der Waals surface area contributed by atoms with E-state index >= 15 is 0 Å². The van der Waals surface area contributed by atoms with Crippen LogP contribution in [0.2, 0.25) is 0 Å². The molecule has 0 spiro atoms. The van der Waals surface area contributed by atoms with Crippen molar-refractivity contribution in [1.82, 2.24) is 9.80 Å². The van der Waals surface area contributed by atoms with Gasteiger partial charge in [-0.1, -0.05) is 37.3 Å². The highest BCUT2D eigenvalue weighted by Crippen LogP contribution is 2.31. The molecule has 3 aromatic carbocycles. The van der Waals surface area contributed by atoms with Crippen molar-refractivity contribution < 1.29 is 27.8 Å². The Morgan fingerprint density at radius 3 is 2.48 bits per heavy atom. The number of benzene rings is 3. The zero-order valence-electron chi connectivity index (χ0n) is 23.3. The molecule has 0 saturated heterocycles. The van der Waals surface area contributed by atoms with Crippen molar-refractivity contribution in [2.45, 2.75) is 37.4 Å². The highest BCUT2D eigenvalue weighted by atomic mass is 32.2. The maximum Gasteiger partial charge on any atom is 0.261 e. The van der Waals surface area contributed by atoms with Crippen molar-refractivity contribution in [1.29, 1.82) is 0 Å². The average Bonchev–Trinajstić information content (AvgIpc) is 2.95. The van der Waals surface area contributed by atoms with Crippen LogP contribution in [0.4, 0.5) is 5.69 Å². The van der Waals surface area contributed by atoms with E-state index in [1.165, 1.54) is 30.9 Å². The molecule has 3 atom stereocenters. The van der Waals surface area contributed by atoms with Crippen LogP contribution in [0.5, 0.6) is 11.5 Å². The van der Waals surface area contributed by atoms with E-state index < -0.39 is 16.1 Å². The van der Waals surface area contributed by atoms with E-state index in [1.54, 1.807) is 36.1 Å². The third-order valence-electron chi connectivity index (χ3n) is 7.07. The number of fused-ring (bicyclic) bond motifs is 1. The first-order valence-corrected chi connectivity index (χ1v) is 14.7. The minimum absolute atomic E-state index is 0.0300. The van der Waals surface area contributed by atoms with E-state index in [2.05, 4.69) is 21.8 Å². The Morgan fingerprint density at radius 2 is 1.82 bits per heavy atom. The lowest BCUT2D eigenvalue weighted by Crippen LogP contribution is -2.49. The second kappa shape index (κ2) is 12.7. The number of carbonyl (C=O) groups is 1. The Kier molecular flexibility index (Phi) is 9.34. The number of aliphatic hydroxyl groups excluding tert-OH is 1. The average molecular weight is 568 g/mol. The highest BCUT2D eigenvalue weighted by Gasteiger charge is 2.33. The summed E-state index contributed by atoms with van der Waals surface area (Å²) >= 11 is 0. The Bertz CT molecular complexity index is 1400. The summed E-state index contributed by atoms with van der Waals surface area (Å²) in [6.45, 7) is 5.36. The third-order valence-corrected chi connectivity index (χ3v) is 8.47. The molecule has 0 radical (unpaired) electrons. The fraction of sp³-hybridized carbons (Fsp3) is 0.367. The van der Waals surface area contributed by atoms with Gasteiger partial charge in [-0.2, -0.15) is 0 Å². The lowest BCUT2D eigenvalue weighted by Gasteiger charge is -2.38. The SMILES string of the molecule is COc1ccc(S(=O)(=O)Nc2ccc3c(c2)C(=O)N([C@H](C)CO)C[C@H](C)[C@@H](CN(C)Cc2ccccc2)O3)cc1. The van der Waals surface area contributed by atoms with Crippen molar-refractivity contribution in [3.63, 3.8) is 0 Å². The number of nitrogens with one attached hydrogen (secondary N) is 1. The summed E-state index contributed by atoms with van der Waals surface area (Å²) in [4.78, 5) is 17.6. The molecule has 1 aliphatic rings. The Balaban J connectivity index is 1.62. The Hall–Kier alpha value is -3.60. The summed E-state index contributed by atoms with van der Waals surface area (Å²) in [7, 11) is -0.383. The molecule has 0 fully saturated rings. The molecule has 4 rings (SSSR count). The van der Waals surface area contributed by atoms with Gasteiger partial charge in [-0.15, -0.1) is 0 Å². The molecule has 9 nitrogen and oxygen atoms in total. The van der Waals surface area contributed by atoms with Crippen LogP contribution in [0.15, 0.2) is 77.7 Å². The second-order valence-corrected chi connectivity index (χ2v) is 12.0. The number of ether oxygens (including phenoxy) is 2. The summed E-state index contributed by atoms with van der Waals surface area (Å²) in [6, 6.07) is 20.5. The summed E-state index contributed by atoms with van der Waals surface area (Å²) in [5, 5.41) is 9.91. The van der Waals surface area contributed by atoms with Crippen LogP contribution in [0.3, 0.4) is 0 Å². The van der Waals surface area contributed by atoms with Crippen LogP contribution < -0.4 is 14.2 Å². The van der Waals surface area contributed by atoms with Crippen LogP contribution in [0.1, 0.15) is 29.8 Å². The number of nitrogens with zero attached hydrogens (tertiary/aromatic N) is 2. The fourth-order valence-corrected chi connectivity index (χ4v) is 5.79. The lowest BCUT2D eigenvalue weighted by atomic mass is 9.99. The van der Waals surface area contributed by atoms with Gasteiger partial charge in [0.1, 0.15) is 17.6 Å². The molecule has 0 aliphatic carbocycles. The molecule has 2 N–H and O–H groups in total. The molecule has 1 aliphatic heterocycles. The first-order chi connectivity index (χ1) is 19.1. The predicted octanol–water partition coefficient (Wildman–Crippen LogP) is 3.85. The molecule has 0 saturated carbocycles. The van der Waals surface area contributed by atoms with Gasteiger partial charge in [0.2, 0.25) is 0 Å². The molecule has 1 amide bonds. The second-order valence-electron chi connectivity index (χ2n) is 10.3. The number of aliphatic hydroxyl groups is 1. The van der Waals surface area contributed by atoms with Crippen LogP contribution in [0, 0.1) is 5.92 Å². The van der Waals surface area contributed by atoms with Gasteiger partial charge < -0.3 is 19.5 Å². The standard InChI is InChI=1S/C30H37N3O6S/c1-21-17-33(22(2)20-34)30(35)27-16-24(31-40(36,37)26-13-11-25(38-4)12-14-26)10-15-28(27)39-29(21)19-32(3)18-23-8-6-5-7-9-23/h5-16,21-22,29,31,34H,17-20H2,1-4H3/t21-,22+,29+/m0/s1. The van der Waals surface area contributed by atoms with Crippen LogP contribution in [-0.2, 0) is 16.6 Å². The van der Waals surface area contributed by atoms with Crippen molar-refractivity contribution in [3.05, 3.63) is 83.9 Å². The van der Waals surface area contributed by atoms with Crippen LogP contribution >= 0.6 is 0 Å². The summed E-state index contributed by atoms with van der Waals surface area (Å²) in [6.07, 6.45) is -0.254. The number of carbonyl (C=O) groups excluding carboxylic acids is 1. The topological polar surface area (TPSA) is 108 Å². The van der Waals surface area contributed by atoms with Crippen LogP contribution in [-0.4, -0.2) is 75.2 Å². The molecule has 1 heterocycles. The summed E-state index contributed by atoms with van der Waals surface area (Å²) in [5.74, 6) is 0.554. The quantitative estimate of drug-likeness (QED) is 0.383. The Labute approximate surface area is 236 Å². The van der Waals surface area contributed by atoms with Crippen molar-refractivity contribution in [2.75, 3.05) is 38.6 Å². The normalized spacial score (nSPS) is 18.4. The molecule has 3 aromatic rings. The van der Waals surface area contributed by atoms with Crippen LogP contribution in [0.25, 0.3) is 0 Å². The van der Waals surface area contributed by atoms with Crippen molar-refractivity contribution in [2.24, 2.45) is 5.92 Å². The van der Waals surface area contributed by atoms with Gasteiger partial charge in [-0.05, 0) is 62.0 Å². The predicted molar refractivity (Wildman–Crippen MR) is 154 cm³/mol. The first-order valence-electron chi connectivity index (χ1n) is 13.2. The number of sulfonamides is 1. The number of rotatable bonds is 10.